The Morgan fingerprint density at radius 3 is 2.41 bits per heavy atom. The molecule has 3 aromatic rings. The Labute approximate surface area is 166 Å². The number of rotatable bonds is 6. The summed E-state index contributed by atoms with van der Waals surface area (Å²) in [5.41, 5.74) is -0.705. The number of halogens is 2. The fraction of sp³-hybridized carbons (Fsp3) is 0.158. The summed E-state index contributed by atoms with van der Waals surface area (Å²) in [5.74, 6) is -2.80. The lowest BCUT2D eigenvalue weighted by molar-refractivity contribution is 0.0977. The number of nitrogens with one attached hydrogen (secondary N) is 1. The number of para-hydroxylation sites is 1. The van der Waals surface area contributed by atoms with Gasteiger partial charge in [-0.1, -0.05) is 18.2 Å². The summed E-state index contributed by atoms with van der Waals surface area (Å²) in [6.45, 7) is 1.94. The molecule has 0 bridgehead atoms. The van der Waals surface area contributed by atoms with Gasteiger partial charge in [-0.05, 0) is 31.2 Å². The van der Waals surface area contributed by atoms with Crippen molar-refractivity contribution < 1.29 is 26.7 Å². The number of sulfonamides is 1. The molecular weight excluding hydrogens is 404 g/mol. The molecule has 0 spiro atoms. The minimum atomic E-state index is -4.26. The maximum Gasteiger partial charge on any atom is 0.285 e. The molecule has 0 saturated carbocycles. The number of benzene rings is 2. The number of methoxy groups -OCH3 is 1. The molecular formula is C19H17F2N3O4S. The van der Waals surface area contributed by atoms with Gasteiger partial charge >= 0.3 is 0 Å². The summed E-state index contributed by atoms with van der Waals surface area (Å²) < 4.78 is 61.7. The molecule has 0 aliphatic rings. The van der Waals surface area contributed by atoms with Crippen molar-refractivity contribution in [3.63, 3.8) is 0 Å². The lowest BCUT2D eigenvalue weighted by Crippen LogP contribution is -2.31. The largest absolute Gasteiger partial charge is 0.495 e. The first-order chi connectivity index (χ1) is 13.8. The predicted molar refractivity (Wildman–Crippen MR) is 101 cm³/mol. The number of amides is 1. The van der Waals surface area contributed by atoms with Gasteiger partial charge in [0.05, 0.1) is 12.7 Å². The van der Waals surface area contributed by atoms with E-state index in [1.807, 2.05) is 4.72 Å². The van der Waals surface area contributed by atoms with Crippen LogP contribution in [-0.2, 0) is 16.6 Å². The quantitative estimate of drug-likeness (QED) is 0.661. The van der Waals surface area contributed by atoms with Crippen molar-refractivity contribution in [2.24, 2.45) is 0 Å². The molecule has 0 saturated heterocycles. The van der Waals surface area contributed by atoms with Gasteiger partial charge in [-0.15, -0.1) is 0 Å². The fourth-order valence-corrected chi connectivity index (χ4v) is 3.88. The lowest BCUT2D eigenvalue weighted by Gasteiger charge is -2.09. The molecule has 0 aliphatic heterocycles. The zero-order valence-electron chi connectivity index (χ0n) is 15.5. The van der Waals surface area contributed by atoms with Crippen LogP contribution in [0.5, 0.6) is 5.75 Å². The summed E-state index contributed by atoms with van der Waals surface area (Å²) in [6.07, 6.45) is 1.23. The van der Waals surface area contributed by atoms with E-state index in [0.29, 0.717) is 0 Å². The molecule has 1 N–H and O–H groups in total. The van der Waals surface area contributed by atoms with Crippen molar-refractivity contribution in [1.82, 2.24) is 14.3 Å². The number of hydrogen-bond donors (Lipinski definition) is 1. The van der Waals surface area contributed by atoms with Crippen molar-refractivity contribution >= 4 is 15.9 Å². The van der Waals surface area contributed by atoms with E-state index in [2.05, 4.69) is 4.98 Å². The molecule has 0 aliphatic carbocycles. The van der Waals surface area contributed by atoms with Gasteiger partial charge in [-0.25, -0.2) is 26.9 Å². The molecule has 10 heteroatoms. The second-order valence-corrected chi connectivity index (χ2v) is 7.57. The van der Waals surface area contributed by atoms with Gasteiger partial charge < -0.3 is 9.30 Å². The summed E-state index contributed by atoms with van der Waals surface area (Å²) in [5, 5.41) is 0. The van der Waals surface area contributed by atoms with Crippen LogP contribution in [0.1, 0.15) is 17.4 Å². The normalized spacial score (nSPS) is 11.3. The lowest BCUT2D eigenvalue weighted by atomic mass is 10.2. The number of ether oxygens (including phenoxy) is 1. The highest BCUT2D eigenvalue weighted by atomic mass is 32.2. The van der Waals surface area contributed by atoms with Crippen LogP contribution in [0.2, 0.25) is 0 Å². The van der Waals surface area contributed by atoms with Crippen LogP contribution in [0.3, 0.4) is 0 Å². The van der Waals surface area contributed by atoms with Crippen LogP contribution in [0.15, 0.2) is 53.6 Å². The van der Waals surface area contributed by atoms with E-state index in [9.17, 15) is 22.0 Å². The molecule has 0 unspecified atom stereocenters. The van der Waals surface area contributed by atoms with Crippen LogP contribution >= 0.6 is 0 Å². The van der Waals surface area contributed by atoms with Gasteiger partial charge in [0.2, 0.25) is 0 Å². The third-order valence-electron chi connectivity index (χ3n) is 4.12. The summed E-state index contributed by atoms with van der Waals surface area (Å²) in [4.78, 5) is 16.3. The maximum absolute atomic E-state index is 14.1. The highest BCUT2D eigenvalue weighted by Gasteiger charge is 2.25. The second-order valence-electron chi connectivity index (χ2n) is 5.92. The van der Waals surface area contributed by atoms with E-state index in [4.69, 9.17) is 4.74 Å². The molecule has 3 rings (SSSR count). The van der Waals surface area contributed by atoms with Crippen molar-refractivity contribution in [3.05, 3.63) is 66.0 Å². The molecule has 152 valence electrons. The van der Waals surface area contributed by atoms with Gasteiger partial charge in [-0.2, -0.15) is 0 Å². The number of aromatic nitrogens is 2. The first-order valence-electron chi connectivity index (χ1n) is 8.50. The molecule has 1 heterocycles. The molecule has 29 heavy (non-hydrogen) atoms. The minimum Gasteiger partial charge on any atom is -0.495 e. The molecule has 2 aromatic carbocycles. The number of hydrogen-bond acceptors (Lipinski definition) is 5. The Hall–Kier alpha value is -3.27. The fourth-order valence-electron chi connectivity index (χ4n) is 2.75. The van der Waals surface area contributed by atoms with Crippen LogP contribution in [0, 0.1) is 11.6 Å². The zero-order valence-corrected chi connectivity index (χ0v) is 16.3. The summed E-state index contributed by atoms with van der Waals surface area (Å²) in [7, 11) is -2.96. The minimum absolute atomic E-state index is 0.0565. The molecule has 0 atom stereocenters. The van der Waals surface area contributed by atoms with Gasteiger partial charge in [0.15, 0.2) is 0 Å². The first-order valence-corrected chi connectivity index (χ1v) is 9.98. The van der Waals surface area contributed by atoms with Crippen molar-refractivity contribution in [2.45, 2.75) is 18.4 Å². The van der Waals surface area contributed by atoms with Gasteiger partial charge in [0.1, 0.15) is 33.8 Å². The smallest absolute Gasteiger partial charge is 0.285 e. The number of aryl methyl sites for hydroxylation is 1. The van der Waals surface area contributed by atoms with Crippen molar-refractivity contribution in [1.29, 1.82) is 0 Å². The van der Waals surface area contributed by atoms with Crippen LogP contribution in [-0.4, -0.2) is 31.0 Å². The average molecular weight is 421 g/mol. The van der Waals surface area contributed by atoms with Gasteiger partial charge in [0.25, 0.3) is 15.9 Å². The Morgan fingerprint density at radius 1 is 1.14 bits per heavy atom. The zero-order chi connectivity index (χ0) is 21.2. The number of imidazole rings is 1. The van der Waals surface area contributed by atoms with E-state index < -0.39 is 33.1 Å². The number of carbonyl (C=O) groups excluding carboxylic acids is 1. The molecule has 0 fully saturated rings. The predicted octanol–water partition coefficient (Wildman–Crippen LogP) is 2.98. The third-order valence-corrected chi connectivity index (χ3v) is 5.49. The van der Waals surface area contributed by atoms with Crippen molar-refractivity contribution in [3.8, 4) is 17.1 Å². The van der Waals surface area contributed by atoms with Crippen LogP contribution in [0.4, 0.5) is 8.78 Å². The number of carbonyl (C=O) groups is 1. The topological polar surface area (TPSA) is 90.3 Å². The van der Waals surface area contributed by atoms with E-state index in [1.54, 1.807) is 13.0 Å². The summed E-state index contributed by atoms with van der Waals surface area (Å²) in [6, 6.07) is 9.12. The van der Waals surface area contributed by atoms with E-state index in [-0.39, 0.29) is 28.7 Å². The van der Waals surface area contributed by atoms with E-state index >= 15 is 0 Å². The third kappa shape index (κ3) is 3.97. The average Bonchev–Trinajstić information content (AvgIpc) is 3.11. The maximum atomic E-state index is 14.1. The SMILES string of the molecule is CCn1cc(C(=O)NS(=O)(=O)c2ccccc2OC)nc1-c1c(F)cccc1F. The Morgan fingerprint density at radius 2 is 1.79 bits per heavy atom. The Bertz CT molecular complexity index is 1160. The van der Waals surface area contributed by atoms with Crippen LogP contribution < -0.4 is 9.46 Å². The molecule has 0 radical (unpaired) electrons. The second kappa shape index (κ2) is 8.00. The molecule has 7 nitrogen and oxygen atoms in total. The monoisotopic (exact) mass is 421 g/mol. The van der Waals surface area contributed by atoms with Crippen molar-refractivity contribution in [2.75, 3.05) is 7.11 Å². The molecule has 1 aromatic heterocycles. The molecule has 1 amide bonds. The summed E-state index contributed by atoms with van der Waals surface area (Å²) >= 11 is 0. The Balaban J connectivity index is 1.98. The highest BCUT2D eigenvalue weighted by Crippen LogP contribution is 2.26. The highest BCUT2D eigenvalue weighted by molar-refractivity contribution is 7.90. The van der Waals surface area contributed by atoms with E-state index in [0.717, 1.165) is 12.1 Å². The van der Waals surface area contributed by atoms with Gasteiger partial charge in [0, 0.05) is 12.7 Å². The van der Waals surface area contributed by atoms with Crippen LogP contribution in [0.25, 0.3) is 11.4 Å². The first kappa shape index (κ1) is 20.5. The Kier molecular flexibility index (Phi) is 5.64. The van der Waals surface area contributed by atoms with E-state index in [1.165, 1.54) is 42.1 Å². The standard InChI is InChI=1S/C19H17F2N3O4S/c1-3-24-11-14(22-18(24)17-12(20)7-6-8-13(17)21)19(25)23-29(26,27)16-10-5-4-9-15(16)28-2/h4-11H,3H2,1-2H3,(H,23,25). The number of nitrogens with zero attached hydrogens (tertiary/aromatic N) is 2. The van der Waals surface area contributed by atoms with Gasteiger partial charge in [-0.3, -0.25) is 4.79 Å².